The molecule has 1 unspecified atom stereocenters. The highest BCUT2D eigenvalue weighted by atomic mass is 35.5. The minimum atomic E-state index is -0.956. The first-order valence-corrected chi connectivity index (χ1v) is 10.0. The Labute approximate surface area is 170 Å². The Bertz CT molecular complexity index is 858. The molecule has 0 radical (unpaired) electrons. The summed E-state index contributed by atoms with van der Waals surface area (Å²) in [5.41, 5.74) is 1.01. The molecule has 1 aromatic carbocycles. The number of thiazole rings is 1. The van der Waals surface area contributed by atoms with Crippen molar-refractivity contribution in [2.24, 2.45) is 5.92 Å². The van der Waals surface area contributed by atoms with Crippen LogP contribution in [0.1, 0.15) is 17.0 Å². The standard InChI is InChI=1S/C18H17Cl2N3O3S/c19-13-4-3-11(8-14(13)20)2-1-5-22-17(25)12-9-23(18(26)16(12)24)10-15-21-6-7-27-15/h3-4,6-8,12H,1-2,5,9-10H2,(H,22,25). The topological polar surface area (TPSA) is 79.4 Å². The van der Waals surface area contributed by atoms with E-state index in [0.717, 1.165) is 10.6 Å². The number of carbonyl (C=O) groups is 3. The molecule has 1 aromatic heterocycles. The van der Waals surface area contributed by atoms with Gasteiger partial charge in [0.15, 0.2) is 0 Å². The first-order chi connectivity index (χ1) is 13.0. The quantitative estimate of drug-likeness (QED) is 0.420. The van der Waals surface area contributed by atoms with Crippen molar-refractivity contribution in [1.82, 2.24) is 15.2 Å². The zero-order chi connectivity index (χ0) is 19.4. The molecule has 0 aliphatic carbocycles. The Balaban J connectivity index is 1.46. The number of aromatic nitrogens is 1. The number of carbonyl (C=O) groups excluding carboxylic acids is 3. The molecule has 2 heterocycles. The lowest BCUT2D eigenvalue weighted by Gasteiger charge is -2.13. The second-order valence-corrected chi connectivity index (χ2v) is 7.96. The van der Waals surface area contributed by atoms with Crippen LogP contribution in [-0.2, 0) is 27.3 Å². The third-order valence-electron chi connectivity index (χ3n) is 4.27. The average molecular weight is 426 g/mol. The molecule has 9 heteroatoms. The lowest BCUT2D eigenvalue weighted by molar-refractivity contribution is -0.142. The van der Waals surface area contributed by atoms with Crippen molar-refractivity contribution in [3.05, 3.63) is 50.4 Å². The van der Waals surface area contributed by atoms with Crippen molar-refractivity contribution < 1.29 is 14.4 Å². The van der Waals surface area contributed by atoms with Gasteiger partial charge in [0.1, 0.15) is 10.9 Å². The highest BCUT2D eigenvalue weighted by Crippen LogP contribution is 2.23. The molecule has 1 saturated heterocycles. The minimum Gasteiger partial charge on any atom is -0.355 e. The summed E-state index contributed by atoms with van der Waals surface area (Å²) < 4.78 is 0. The number of Topliss-reactive ketones (excluding diaryl/α,β-unsaturated/α-hetero) is 1. The van der Waals surface area contributed by atoms with E-state index in [1.54, 1.807) is 23.7 Å². The van der Waals surface area contributed by atoms with E-state index in [0.29, 0.717) is 29.4 Å². The molecule has 6 nitrogen and oxygen atoms in total. The lowest BCUT2D eigenvalue weighted by Crippen LogP contribution is -2.36. The second-order valence-electron chi connectivity index (χ2n) is 6.17. The van der Waals surface area contributed by atoms with Crippen LogP contribution >= 0.6 is 34.5 Å². The zero-order valence-corrected chi connectivity index (χ0v) is 16.6. The molecule has 1 atom stereocenters. The third-order valence-corrected chi connectivity index (χ3v) is 5.77. The molecule has 0 bridgehead atoms. The highest BCUT2D eigenvalue weighted by Gasteiger charge is 2.43. The molecule has 27 heavy (non-hydrogen) atoms. The smallest absolute Gasteiger partial charge is 0.291 e. The van der Waals surface area contributed by atoms with Gasteiger partial charge in [-0.05, 0) is 30.5 Å². The van der Waals surface area contributed by atoms with Crippen LogP contribution in [0.3, 0.4) is 0 Å². The molecule has 142 valence electrons. The number of ketones is 1. The SMILES string of the molecule is O=C(NCCCc1ccc(Cl)c(Cl)c1)C1CN(Cc2nccs2)C(=O)C1=O. The fraction of sp³-hybridized carbons (Fsp3) is 0.333. The molecule has 0 saturated carbocycles. The minimum absolute atomic E-state index is 0.0931. The van der Waals surface area contributed by atoms with Gasteiger partial charge in [0.2, 0.25) is 11.7 Å². The molecule has 2 aromatic rings. The highest BCUT2D eigenvalue weighted by molar-refractivity contribution is 7.09. The van der Waals surface area contributed by atoms with Gasteiger partial charge >= 0.3 is 0 Å². The van der Waals surface area contributed by atoms with Crippen LogP contribution in [0.4, 0.5) is 0 Å². The second kappa shape index (κ2) is 8.82. The monoisotopic (exact) mass is 425 g/mol. The maximum atomic E-state index is 12.3. The number of likely N-dealkylation sites (tertiary alicyclic amines) is 1. The van der Waals surface area contributed by atoms with Crippen LogP contribution in [-0.4, -0.2) is 40.6 Å². The fourth-order valence-corrected chi connectivity index (χ4v) is 3.80. The summed E-state index contributed by atoms with van der Waals surface area (Å²) in [4.78, 5) is 42.0. The van der Waals surface area contributed by atoms with Gasteiger partial charge in [0.25, 0.3) is 5.91 Å². The summed E-state index contributed by atoms with van der Waals surface area (Å²) in [6.07, 6.45) is 3.03. The van der Waals surface area contributed by atoms with Crippen molar-refractivity contribution in [2.75, 3.05) is 13.1 Å². The number of rotatable bonds is 7. The van der Waals surface area contributed by atoms with Gasteiger partial charge in [0, 0.05) is 24.7 Å². The van der Waals surface area contributed by atoms with Gasteiger partial charge in [-0.1, -0.05) is 29.3 Å². The molecular weight excluding hydrogens is 409 g/mol. The van der Waals surface area contributed by atoms with E-state index >= 15 is 0 Å². The van der Waals surface area contributed by atoms with Crippen molar-refractivity contribution in [3.63, 3.8) is 0 Å². The number of hydrogen-bond donors (Lipinski definition) is 1. The third kappa shape index (κ3) is 4.86. The van der Waals surface area contributed by atoms with Crippen molar-refractivity contribution in [1.29, 1.82) is 0 Å². The number of hydrogen-bond acceptors (Lipinski definition) is 5. The summed E-state index contributed by atoms with van der Waals surface area (Å²) in [5, 5.41) is 6.27. The van der Waals surface area contributed by atoms with Gasteiger partial charge in [-0.2, -0.15) is 0 Å². The molecule has 3 rings (SSSR count). The molecule has 1 aliphatic rings. The van der Waals surface area contributed by atoms with Gasteiger partial charge in [-0.25, -0.2) is 4.98 Å². The van der Waals surface area contributed by atoms with E-state index < -0.39 is 23.5 Å². The Morgan fingerprint density at radius 1 is 1.30 bits per heavy atom. The van der Waals surface area contributed by atoms with Crippen molar-refractivity contribution >= 4 is 52.1 Å². The van der Waals surface area contributed by atoms with Crippen LogP contribution in [0.25, 0.3) is 0 Å². The number of aryl methyl sites for hydroxylation is 1. The van der Waals surface area contributed by atoms with Crippen molar-refractivity contribution in [3.8, 4) is 0 Å². The Morgan fingerprint density at radius 3 is 2.81 bits per heavy atom. The Hall–Kier alpha value is -1.96. The van der Waals surface area contributed by atoms with E-state index in [9.17, 15) is 14.4 Å². The largest absolute Gasteiger partial charge is 0.355 e. The van der Waals surface area contributed by atoms with E-state index in [4.69, 9.17) is 23.2 Å². The van der Waals surface area contributed by atoms with Crippen LogP contribution < -0.4 is 5.32 Å². The predicted molar refractivity (Wildman–Crippen MR) is 104 cm³/mol. The predicted octanol–water partition coefficient (Wildman–Crippen LogP) is 2.73. The summed E-state index contributed by atoms with van der Waals surface area (Å²) in [6.45, 7) is 0.753. The summed E-state index contributed by atoms with van der Waals surface area (Å²) in [7, 11) is 0. The number of halogens is 2. The van der Waals surface area contributed by atoms with Crippen LogP contribution in [0.5, 0.6) is 0 Å². The van der Waals surface area contributed by atoms with Gasteiger partial charge in [-0.3, -0.25) is 14.4 Å². The number of nitrogens with zero attached hydrogens (tertiary/aromatic N) is 2. The molecular formula is C18H17Cl2N3O3S. The lowest BCUT2D eigenvalue weighted by atomic mass is 10.1. The zero-order valence-electron chi connectivity index (χ0n) is 14.3. The molecule has 1 fully saturated rings. The molecule has 2 amide bonds. The van der Waals surface area contributed by atoms with E-state index in [1.807, 2.05) is 6.07 Å². The van der Waals surface area contributed by atoms with Crippen LogP contribution in [0, 0.1) is 5.92 Å². The van der Waals surface area contributed by atoms with E-state index in [1.165, 1.54) is 16.2 Å². The average Bonchev–Trinajstić information content (AvgIpc) is 3.25. The number of nitrogens with one attached hydrogen (secondary N) is 1. The van der Waals surface area contributed by atoms with Gasteiger partial charge < -0.3 is 10.2 Å². The van der Waals surface area contributed by atoms with Gasteiger partial charge in [-0.15, -0.1) is 11.3 Å². The molecule has 1 N–H and O–H groups in total. The Morgan fingerprint density at radius 2 is 2.11 bits per heavy atom. The van der Waals surface area contributed by atoms with E-state index in [-0.39, 0.29) is 13.1 Å². The summed E-state index contributed by atoms with van der Waals surface area (Å²) in [6, 6.07) is 5.41. The number of amides is 2. The fourth-order valence-electron chi connectivity index (χ4n) is 2.85. The summed E-state index contributed by atoms with van der Waals surface area (Å²) in [5.74, 6) is -2.65. The van der Waals surface area contributed by atoms with Crippen molar-refractivity contribution in [2.45, 2.75) is 19.4 Å². The maximum absolute atomic E-state index is 12.3. The normalized spacial score (nSPS) is 16.8. The first-order valence-electron chi connectivity index (χ1n) is 8.39. The molecule has 1 aliphatic heterocycles. The first kappa shape index (κ1) is 19.8. The van der Waals surface area contributed by atoms with Crippen LogP contribution in [0.15, 0.2) is 29.8 Å². The molecule has 0 spiro atoms. The van der Waals surface area contributed by atoms with Gasteiger partial charge in [0.05, 0.1) is 16.6 Å². The number of benzene rings is 1. The summed E-state index contributed by atoms with van der Waals surface area (Å²) >= 11 is 13.3. The Kier molecular flexibility index (Phi) is 6.46. The van der Waals surface area contributed by atoms with E-state index in [2.05, 4.69) is 10.3 Å². The van der Waals surface area contributed by atoms with Crippen LogP contribution in [0.2, 0.25) is 10.0 Å². The maximum Gasteiger partial charge on any atom is 0.291 e.